The van der Waals surface area contributed by atoms with E-state index >= 15 is 0 Å². The zero-order valence-corrected chi connectivity index (χ0v) is 18.1. The maximum absolute atomic E-state index is 12.6. The predicted octanol–water partition coefficient (Wildman–Crippen LogP) is 3.92. The molecule has 0 fully saturated rings. The number of hydrazine groups is 1. The molecule has 160 valence electrons. The van der Waals surface area contributed by atoms with Gasteiger partial charge in [-0.3, -0.25) is 0 Å². The summed E-state index contributed by atoms with van der Waals surface area (Å²) in [6.45, 7) is 9.88. The highest BCUT2D eigenvalue weighted by Crippen LogP contribution is 2.14. The molecule has 1 aromatic carbocycles. The molecule has 0 unspecified atom stereocenters. The van der Waals surface area contributed by atoms with Crippen molar-refractivity contribution >= 4 is 24.2 Å². The average Bonchev–Trinajstić information content (AvgIpc) is 2.57. The average molecular weight is 406 g/mol. The molecule has 0 aliphatic heterocycles. The predicted molar refractivity (Wildman–Crippen MR) is 109 cm³/mol. The van der Waals surface area contributed by atoms with Crippen molar-refractivity contribution < 1.29 is 28.6 Å². The van der Waals surface area contributed by atoms with E-state index < -0.39 is 29.4 Å². The second-order valence-electron chi connectivity index (χ2n) is 8.25. The van der Waals surface area contributed by atoms with Crippen molar-refractivity contribution in [1.82, 2.24) is 10.4 Å². The highest BCUT2D eigenvalue weighted by Gasteiger charge is 2.28. The first-order valence-electron chi connectivity index (χ1n) is 9.15. The number of amides is 2. The molecule has 0 spiro atoms. The molecule has 0 heterocycles. The van der Waals surface area contributed by atoms with Gasteiger partial charge in [-0.15, -0.1) is 0 Å². The summed E-state index contributed by atoms with van der Waals surface area (Å²) in [7, 11) is 1.24. The summed E-state index contributed by atoms with van der Waals surface area (Å²) < 4.78 is 15.4. The van der Waals surface area contributed by atoms with Crippen LogP contribution >= 0.6 is 0 Å². The molecule has 1 N–H and O–H groups in total. The summed E-state index contributed by atoms with van der Waals surface area (Å²) in [5.41, 5.74) is 1.64. The van der Waals surface area contributed by atoms with Crippen LogP contribution in [0.25, 0.3) is 6.08 Å². The molecule has 2 amide bonds. The summed E-state index contributed by atoms with van der Waals surface area (Å²) in [6, 6.07) is 9.05. The van der Waals surface area contributed by atoms with Crippen molar-refractivity contribution in [2.45, 2.75) is 52.7 Å². The van der Waals surface area contributed by atoms with Crippen LogP contribution in [0.1, 0.15) is 47.1 Å². The molecule has 29 heavy (non-hydrogen) atoms. The van der Waals surface area contributed by atoms with Crippen LogP contribution in [0.4, 0.5) is 9.59 Å². The number of carbonyl (C=O) groups is 3. The minimum atomic E-state index is -0.854. The lowest BCUT2D eigenvalue weighted by Gasteiger charge is -2.29. The molecular weight excluding hydrogens is 376 g/mol. The van der Waals surface area contributed by atoms with Gasteiger partial charge in [0.15, 0.2) is 0 Å². The van der Waals surface area contributed by atoms with Crippen LogP contribution in [-0.4, -0.2) is 48.0 Å². The number of nitrogens with one attached hydrogen (secondary N) is 1. The Morgan fingerprint density at radius 2 is 1.52 bits per heavy atom. The Morgan fingerprint density at radius 1 is 0.966 bits per heavy atom. The van der Waals surface area contributed by atoms with E-state index in [-0.39, 0.29) is 12.1 Å². The molecule has 0 aliphatic rings. The van der Waals surface area contributed by atoms with Crippen LogP contribution in [0.2, 0.25) is 0 Å². The highest BCUT2D eigenvalue weighted by molar-refractivity contribution is 5.94. The summed E-state index contributed by atoms with van der Waals surface area (Å²) in [5.74, 6) is -0.645. The van der Waals surface area contributed by atoms with E-state index in [9.17, 15) is 14.4 Å². The molecule has 0 saturated carbocycles. The fourth-order valence-electron chi connectivity index (χ4n) is 2.10. The lowest BCUT2D eigenvalue weighted by atomic mass is 10.1. The molecule has 0 aromatic heterocycles. The summed E-state index contributed by atoms with van der Waals surface area (Å²) in [4.78, 5) is 37.1. The number of methoxy groups -OCH3 is 1. The van der Waals surface area contributed by atoms with Gasteiger partial charge in [0.2, 0.25) is 0 Å². The van der Waals surface area contributed by atoms with Crippen LogP contribution in [0.3, 0.4) is 0 Å². The van der Waals surface area contributed by atoms with Gasteiger partial charge in [0.1, 0.15) is 11.2 Å². The Balaban J connectivity index is 3.16. The molecule has 1 rings (SSSR count). The normalized spacial score (nSPS) is 12.0. The van der Waals surface area contributed by atoms with Gasteiger partial charge in [0, 0.05) is 0 Å². The van der Waals surface area contributed by atoms with Crippen molar-refractivity contribution in [2.24, 2.45) is 0 Å². The number of nitrogens with zero attached hydrogens (tertiary/aromatic N) is 1. The van der Waals surface area contributed by atoms with Crippen LogP contribution < -0.4 is 5.43 Å². The molecule has 0 aliphatic carbocycles. The van der Waals surface area contributed by atoms with Gasteiger partial charge < -0.3 is 14.2 Å². The van der Waals surface area contributed by atoms with E-state index in [1.165, 1.54) is 7.11 Å². The first-order valence-corrected chi connectivity index (χ1v) is 9.15. The number of rotatable bonds is 4. The minimum Gasteiger partial charge on any atom is -0.466 e. The number of hydrogen-bond donors (Lipinski definition) is 1. The van der Waals surface area contributed by atoms with Gasteiger partial charge in [0.25, 0.3) is 0 Å². The van der Waals surface area contributed by atoms with Gasteiger partial charge in [-0.1, -0.05) is 30.3 Å². The lowest BCUT2D eigenvalue weighted by molar-refractivity contribution is -0.136. The third kappa shape index (κ3) is 9.64. The van der Waals surface area contributed by atoms with Crippen LogP contribution in [-0.2, 0) is 19.0 Å². The maximum Gasteiger partial charge on any atom is 0.429 e. The topological polar surface area (TPSA) is 94.2 Å². The quantitative estimate of drug-likeness (QED) is 0.352. The largest absolute Gasteiger partial charge is 0.466 e. The Morgan fingerprint density at radius 3 is 2.00 bits per heavy atom. The lowest BCUT2D eigenvalue weighted by Crippen LogP contribution is -2.50. The standard InChI is InChI=1S/C21H30N2O6/c1-20(2,3)28-18(25)22-23(19(26)29-21(4,5)6)14-16(17(24)27-7)13-15-11-9-8-10-12-15/h8-13H,14H2,1-7H3,(H,22,25)/b16-13-. The van der Waals surface area contributed by atoms with Crippen molar-refractivity contribution in [3.05, 3.63) is 41.5 Å². The third-order valence-electron chi connectivity index (χ3n) is 3.16. The van der Waals surface area contributed by atoms with Crippen molar-refractivity contribution in [3.63, 3.8) is 0 Å². The fraction of sp³-hybridized carbons (Fsp3) is 0.476. The second-order valence-corrected chi connectivity index (χ2v) is 8.25. The number of carbonyl (C=O) groups excluding carboxylic acids is 3. The summed E-state index contributed by atoms with van der Waals surface area (Å²) in [5, 5.41) is 0.880. The first-order chi connectivity index (χ1) is 13.3. The zero-order valence-electron chi connectivity index (χ0n) is 18.1. The first kappa shape index (κ1) is 24.0. The molecule has 0 atom stereocenters. The Bertz CT molecular complexity index is 745. The smallest absolute Gasteiger partial charge is 0.429 e. The Labute approximate surface area is 171 Å². The number of ether oxygens (including phenoxy) is 3. The van der Waals surface area contributed by atoms with Crippen LogP contribution in [0, 0.1) is 0 Å². The summed E-state index contributed by atoms with van der Waals surface area (Å²) in [6.07, 6.45) is -0.126. The van der Waals surface area contributed by atoms with E-state index in [0.717, 1.165) is 10.6 Å². The van der Waals surface area contributed by atoms with Crippen molar-refractivity contribution in [2.75, 3.05) is 13.7 Å². The molecule has 0 saturated heterocycles. The molecule has 0 radical (unpaired) electrons. The van der Waals surface area contributed by atoms with Gasteiger partial charge in [-0.25, -0.2) is 24.8 Å². The zero-order chi connectivity index (χ0) is 22.2. The minimum absolute atomic E-state index is 0.139. The van der Waals surface area contributed by atoms with Crippen molar-refractivity contribution in [3.8, 4) is 0 Å². The van der Waals surface area contributed by atoms with E-state index in [0.29, 0.717) is 0 Å². The van der Waals surface area contributed by atoms with Gasteiger partial charge in [-0.2, -0.15) is 0 Å². The van der Waals surface area contributed by atoms with Gasteiger partial charge >= 0.3 is 18.2 Å². The number of benzene rings is 1. The molecule has 8 heteroatoms. The van der Waals surface area contributed by atoms with Gasteiger partial charge in [0.05, 0.1) is 19.2 Å². The maximum atomic E-state index is 12.6. The van der Waals surface area contributed by atoms with E-state index in [1.54, 1.807) is 59.8 Å². The molecule has 0 bridgehead atoms. The van der Waals surface area contributed by atoms with Gasteiger partial charge in [-0.05, 0) is 53.2 Å². The fourth-order valence-corrected chi connectivity index (χ4v) is 2.10. The number of hydrogen-bond acceptors (Lipinski definition) is 6. The SMILES string of the molecule is COC(=O)/C(=C\c1ccccc1)CN(NC(=O)OC(C)(C)C)C(=O)OC(C)(C)C. The highest BCUT2D eigenvalue weighted by atomic mass is 16.6. The van der Waals surface area contributed by atoms with Crippen LogP contribution in [0.15, 0.2) is 35.9 Å². The monoisotopic (exact) mass is 406 g/mol. The van der Waals surface area contributed by atoms with E-state index in [1.807, 2.05) is 18.2 Å². The van der Waals surface area contributed by atoms with E-state index in [4.69, 9.17) is 14.2 Å². The summed E-state index contributed by atoms with van der Waals surface area (Å²) >= 11 is 0. The Hall–Kier alpha value is -3.03. The van der Waals surface area contributed by atoms with Crippen LogP contribution in [0.5, 0.6) is 0 Å². The molecule has 1 aromatic rings. The second kappa shape index (κ2) is 9.95. The molecular formula is C21H30N2O6. The Kier molecular flexibility index (Phi) is 8.24. The number of esters is 1. The van der Waals surface area contributed by atoms with Crippen molar-refractivity contribution in [1.29, 1.82) is 0 Å². The third-order valence-corrected chi connectivity index (χ3v) is 3.16. The molecule has 8 nitrogen and oxygen atoms in total. The van der Waals surface area contributed by atoms with E-state index in [2.05, 4.69) is 5.43 Å².